The third kappa shape index (κ3) is 6.64. The second-order valence-electron chi connectivity index (χ2n) is 7.96. The Kier molecular flexibility index (Phi) is 8.41. The highest BCUT2D eigenvalue weighted by molar-refractivity contribution is 7.89. The van der Waals surface area contributed by atoms with Gasteiger partial charge in [0.15, 0.2) is 0 Å². The van der Waals surface area contributed by atoms with E-state index in [1.807, 2.05) is 43.3 Å². The summed E-state index contributed by atoms with van der Waals surface area (Å²) in [7, 11) is -3.68. The van der Waals surface area contributed by atoms with Gasteiger partial charge in [0.1, 0.15) is 0 Å². The van der Waals surface area contributed by atoms with Gasteiger partial charge in [0.2, 0.25) is 21.8 Å². The van der Waals surface area contributed by atoms with Crippen molar-refractivity contribution in [1.82, 2.24) is 14.9 Å². The van der Waals surface area contributed by atoms with Gasteiger partial charge < -0.3 is 10.2 Å². The van der Waals surface area contributed by atoms with Crippen molar-refractivity contribution in [2.24, 2.45) is 0 Å². The van der Waals surface area contributed by atoms with Gasteiger partial charge >= 0.3 is 0 Å². The molecule has 0 aromatic heterocycles. The number of hydrogen-bond donors (Lipinski definition) is 2. The first kappa shape index (κ1) is 23.9. The summed E-state index contributed by atoms with van der Waals surface area (Å²) in [6.45, 7) is 2.76. The molecule has 1 aliphatic carbocycles. The minimum absolute atomic E-state index is 0.0268. The molecule has 2 amide bonds. The van der Waals surface area contributed by atoms with E-state index in [4.69, 9.17) is 0 Å². The highest BCUT2D eigenvalue weighted by Gasteiger charge is 2.18. The molecule has 0 heterocycles. The molecule has 0 spiro atoms. The zero-order valence-corrected chi connectivity index (χ0v) is 19.3. The second-order valence-corrected chi connectivity index (χ2v) is 9.72. The summed E-state index contributed by atoms with van der Waals surface area (Å²) in [5.41, 5.74) is 3.32. The lowest BCUT2D eigenvalue weighted by atomic mass is 9.92. The van der Waals surface area contributed by atoms with Crippen molar-refractivity contribution >= 4 is 21.8 Å². The quantitative estimate of drug-likeness (QED) is 0.573. The van der Waals surface area contributed by atoms with Crippen LogP contribution < -0.4 is 10.0 Å². The molecule has 0 aliphatic heterocycles. The lowest BCUT2D eigenvalue weighted by Gasteiger charge is -2.21. The molecule has 0 saturated heterocycles. The van der Waals surface area contributed by atoms with E-state index in [0.29, 0.717) is 13.1 Å². The van der Waals surface area contributed by atoms with E-state index < -0.39 is 10.0 Å². The summed E-state index contributed by atoms with van der Waals surface area (Å²) >= 11 is 0. The number of hydrogen-bond acceptors (Lipinski definition) is 4. The van der Waals surface area contributed by atoms with Gasteiger partial charge in [-0.25, -0.2) is 13.1 Å². The average molecular weight is 458 g/mol. The standard InChI is InChI=1S/C24H31N3O4S/c1-2-27(18-19-8-4-3-5-9-19)24(29)17-25-23(28)14-15-26-32(30,31)22-13-12-20-10-6-7-11-21(20)16-22/h3-5,8-9,12-13,16,26H,2,6-7,10-11,14-15,17-18H2,1H3,(H,25,28). The van der Waals surface area contributed by atoms with Gasteiger partial charge in [-0.2, -0.15) is 0 Å². The van der Waals surface area contributed by atoms with Crippen LogP contribution in [0.4, 0.5) is 0 Å². The Morgan fingerprint density at radius 3 is 2.44 bits per heavy atom. The lowest BCUT2D eigenvalue weighted by Crippen LogP contribution is -2.40. The summed E-state index contributed by atoms with van der Waals surface area (Å²) in [4.78, 5) is 26.4. The molecule has 0 fully saturated rings. The van der Waals surface area contributed by atoms with Crippen LogP contribution in [-0.2, 0) is 39.0 Å². The van der Waals surface area contributed by atoms with Gasteiger partial charge in [-0.05, 0) is 61.4 Å². The van der Waals surface area contributed by atoms with Crippen LogP contribution in [0.15, 0.2) is 53.4 Å². The van der Waals surface area contributed by atoms with E-state index in [2.05, 4.69) is 10.0 Å². The predicted octanol–water partition coefficient (Wildman–Crippen LogP) is 2.40. The van der Waals surface area contributed by atoms with Gasteiger partial charge in [-0.15, -0.1) is 0 Å². The van der Waals surface area contributed by atoms with Crippen LogP contribution in [0.5, 0.6) is 0 Å². The van der Waals surface area contributed by atoms with Gasteiger partial charge in [0.25, 0.3) is 0 Å². The molecule has 8 heteroatoms. The van der Waals surface area contributed by atoms with Crippen molar-refractivity contribution in [2.75, 3.05) is 19.6 Å². The maximum Gasteiger partial charge on any atom is 0.242 e. The molecule has 2 aromatic carbocycles. The lowest BCUT2D eigenvalue weighted by molar-refractivity contribution is -0.133. The first-order valence-electron chi connectivity index (χ1n) is 11.1. The minimum atomic E-state index is -3.68. The van der Waals surface area contributed by atoms with Crippen LogP contribution >= 0.6 is 0 Å². The molecule has 172 valence electrons. The topological polar surface area (TPSA) is 95.6 Å². The maximum absolute atomic E-state index is 12.6. The number of carbonyl (C=O) groups is 2. The fourth-order valence-corrected chi connectivity index (χ4v) is 4.90. The van der Waals surface area contributed by atoms with Crippen LogP contribution in [0.25, 0.3) is 0 Å². The van der Waals surface area contributed by atoms with Crippen molar-refractivity contribution < 1.29 is 18.0 Å². The largest absolute Gasteiger partial charge is 0.347 e. The Hall–Kier alpha value is -2.71. The molecule has 1 aliphatic rings. The van der Waals surface area contributed by atoms with Crippen molar-refractivity contribution in [1.29, 1.82) is 0 Å². The Balaban J connectivity index is 1.43. The van der Waals surface area contributed by atoms with Crippen molar-refractivity contribution in [3.05, 3.63) is 65.2 Å². The number of aryl methyl sites for hydroxylation is 2. The Morgan fingerprint density at radius 1 is 1.00 bits per heavy atom. The van der Waals surface area contributed by atoms with E-state index in [0.717, 1.165) is 36.8 Å². The number of sulfonamides is 1. The monoisotopic (exact) mass is 457 g/mol. The van der Waals surface area contributed by atoms with E-state index in [1.165, 1.54) is 5.56 Å². The Morgan fingerprint density at radius 2 is 1.72 bits per heavy atom. The van der Waals surface area contributed by atoms with Crippen molar-refractivity contribution in [2.45, 2.75) is 50.5 Å². The number of carbonyl (C=O) groups excluding carboxylic acids is 2. The van der Waals surface area contributed by atoms with Crippen molar-refractivity contribution in [3.8, 4) is 0 Å². The molecule has 3 rings (SSSR count). The summed E-state index contributed by atoms with van der Waals surface area (Å²) in [5.74, 6) is -0.554. The molecule has 7 nitrogen and oxygen atoms in total. The number of likely N-dealkylation sites (N-methyl/N-ethyl adjacent to an activating group) is 1. The summed E-state index contributed by atoms with van der Waals surface area (Å²) < 4.78 is 27.6. The van der Waals surface area contributed by atoms with Crippen LogP contribution in [0.3, 0.4) is 0 Å². The van der Waals surface area contributed by atoms with Crippen LogP contribution in [-0.4, -0.2) is 44.8 Å². The van der Waals surface area contributed by atoms with E-state index in [1.54, 1.807) is 17.0 Å². The van der Waals surface area contributed by atoms with E-state index in [-0.39, 0.29) is 36.2 Å². The molecule has 2 N–H and O–H groups in total. The zero-order valence-electron chi connectivity index (χ0n) is 18.5. The van der Waals surface area contributed by atoms with Crippen LogP contribution in [0.2, 0.25) is 0 Å². The number of benzene rings is 2. The third-order valence-electron chi connectivity index (χ3n) is 5.66. The number of fused-ring (bicyclic) bond motifs is 1. The molecule has 32 heavy (non-hydrogen) atoms. The minimum Gasteiger partial charge on any atom is -0.347 e. The summed E-state index contributed by atoms with van der Waals surface area (Å²) in [6.07, 6.45) is 4.06. The highest BCUT2D eigenvalue weighted by Crippen LogP contribution is 2.24. The maximum atomic E-state index is 12.6. The normalized spacial score (nSPS) is 13.3. The zero-order chi connectivity index (χ0) is 23.0. The van der Waals surface area contributed by atoms with Gasteiger partial charge in [-0.3, -0.25) is 9.59 Å². The first-order valence-corrected chi connectivity index (χ1v) is 12.6. The van der Waals surface area contributed by atoms with Gasteiger partial charge in [0, 0.05) is 26.1 Å². The Labute approximate surface area is 190 Å². The van der Waals surface area contributed by atoms with Gasteiger partial charge in [-0.1, -0.05) is 36.4 Å². The third-order valence-corrected chi connectivity index (χ3v) is 7.12. The summed E-state index contributed by atoms with van der Waals surface area (Å²) in [6, 6.07) is 14.9. The molecule has 0 atom stereocenters. The van der Waals surface area contributed by atoms with Crippen LogP contribution in [0.1, 0.15) is 42.9 Å². The number of nitrogens with zero attached hydrogens (tertiary/aromatic N) is 1. The predicted molar refractivity (Wildman–Crippen MR) is 123 cm³/mol. The van der Waals surface area contributed by atoms with Gasteiger partial charge in [0.05, 0.1) is 11.4 Å². The fraction of sp³-hybridized carbons (Fsp3) is 0.417. The fourth-order valence-electron chi connectivity index (χ4n) is 3.81. The average Bonchev–Trinajstić information content (AvgIpc) is 2.81. The molecule has 0 saturated carbocycles. The SMILES string of the molecule is CCN(Cc1ccccc1)C(=O)CNC(=O)CCNS(=O)(=O)c1ccc2c(c1)CCCC2. The molecule has 0 radical (unpaired) electrons. The first-order chi connectivity index (χ1) is 15.4. The molecular formula is C24H31N3O4S. The number of rotatable bonds is 10. The number of nitrogens with one attached hydrogen (secondary N) is 2. The van der Waals surface area contributed by atoms with E-state index >= 15 is 0 Å². The smallest absolute Gasteiger partial charge is 0.242 e. The Bertz CT molecular complexity index is 1040. The number of amides is 2. The molecule has 2 aromatic rings. The van der Waals surface area contributed by atoms with E-state index in [9.17, 15) is 18.0 Å². The highest BCUT2D eigenvalue weighted by atomic mass is 32.2. The molecule has 0 bridgehead atoms. The molecule has 0 unspecified atom stereocenters. The van der Waals surface area contributed by atoms with Crippen LogP contribution in [0, 0.1) is 0 Å². The molecular weight excluding hydrogens is 426 g/mol. The van der Waals surface area contributed by atoms with Crippen molar-refractivity contribution in [3.63, 3.8) is 0 Å². The summed E-state index contributed by atoms with van der Waals surface area (Å²) in [5, 5.41) is 2.58. The second kappa shape index (κ2) is 11.2.